The summed E-state index contributed by atoms with van der Waals surface area (Å²) in [6.45, 7) is 2.90. The fourth-order valence-electron chi connectivity index (χ4n) is 2.50. The van der Waals surface area contributed by atoms with Crippen molar-refractivity contribution >= 4 is 20.7 Å². The van der Waals surface area contributed by atoms with Gasteiger partial charge in [-0.05, 0) is 37.1 Å². The van der Waals surface area contributed by atoms with Gasteiger partial charge in [0.25, 0.3) is 0 Å². The van der Waals surface area contributed by atoms with Crippen molar-refractivity contribution in [2.45, 2.75) is 25.8 Å². The van der Waals surface area contributed by atoms with Gasteiger partial charge in [-0.3, -0.25) is 4.98 Å². The smallest absolute Gasteiger partial charge is 0.148 e. The first-order chi connectivity index (χ1) is 9.99. The topological polar surface area (TPSA) is 59.1 Å². The van der Waals surface area contributed by atoms with Crippen LogP contribution in [0.1, 0.15) is 18.9 Å². The summed E-state index contributed by atoms with van der Waals surface area (Å²) in [6, 6.07) is 9.87. The van der Waals surface area contributed by atoms with Gasteiger partial charge in [0, 0.05) is 23.9 Å². The van der Waals surface area contributed by atoms with Crippen LogP contribution in [0, 0.1) is 0 Å². The van der Waals surface area contributed by atoms with Gasteiger partial charge in [-0.2, -0.15) is 0 Å². The highest BCUT2D eigenvalue weighted by Gasteiger charge is 2.16. The van der Waals surface area contributed by atoms with Crippen molar-refractivity contribution in [3.05, 3.63) is 42.1 Å². The number of hydrogen-bond acceptors (Lipinski definition) is 4. The number of rotatable bonds is 7. The largest absolute Gasteiger partial charge is 0.313 e. The van der Waals surface area contributed by atoms with Gasteiger partial charge < -0.3 is 5.32 Å². The van der Waals surface area contributed by atoms with Gasteiger partial charge in [0.2, 0.25) is 0 Å². The molecule has 0 saturated heterocycles. The third-order valence-corrected chi connectivity index (χ3v) is 4.40. The quantitative estimate of drug-likeness (QED) is 0.852. The Hall–Kier alpha value is -1.46. The molecule has 0 fully saturated rings. The fourth-order valence-corrected chi connectivity index (χ4v) is 3.47. The molecule has 1 heterocycles. The van der Waals surface area contributed by atoms with Crippen molar-refractivity contribution in [3.8, 4) is 0 Å². The van der Waals surface area contributed by atoms with Gasteiger partial charge in [-0.1, -0.05) is 25.1 Å². The predicted molar refractivity (Wildman–Crippen MR) is 87.2 cm³/mol. The molecule has 1 unspecified atom stereocenters. The molecular weight excluding hydrogens is 284 g/mol. The molecular formula is C16H22N2O2S. The normalized spacial score (nSPS) is 13.4. The summed E-state index contributed by atoms with van der Waals surface area (Å²) >= 11 is 0. The first kappa shape index (κ1) is 15.9. The van der Waals surface area contributed by atoms with Crippen molar-refractivity contribution in [2.75, 3.05) is 18.6 Å². The van der Waals surface area contributed by atoms with Crippen LogP contribution in [-0.4, -0.2) is 38.0 Å². The number of para-hydroxylation sites is 1. The van der Waals surface area contributed by atoms with E-state index in [0.29, 0.717) is 6.42 Å². The second kappa shape index (κ2) is 7.00. The molecule has 0 aliphatic heterocycles. The number of benzene rings is 1. The molecule has 2 aromatic rings. The van der Waals surface area contributed by atoms with Crippen LogP contribution in [0.4, 0.5) is 0 Å². The number of fused-ring (bicyclic) bond motifs is 1. The van der Waals surface area contributed by atoms with Crippen molar-refractivity contribution < 1.29 is 8.42 Å². The highest BCUT2D eigenvalue weighted by Crippen LogP contribution is 2.18. The molecule has 0 radical (unpaired) electrons. The first-order valence-corrected chi connectivity index (χ1v) is 9.29. The molecule has 1 aromatic carbocycles. The summed E-state index contributed by atoms with van der Waals surface area (Å²) < 4.78 is 23.2. The van der Waals surface area contributed by atoms with Crippen LogP contribution in [0.3, 0.4) is 0 Å². The van der Waals surface area contributed by atoms with E-state index in [1.165, 1.54) is 6.26 Å². The van der Waals surface area contributed by atoms with E-state index in [2.05, 4.69) is 17.2 Å². The Balaban J connectivity index is 2.25. The number of hydrogen-bond donors (Lipinski definition) is 1. The van der Waals surface area contributed by atoms with Crippen LogP contribution in [0.15, 0.2) is 36.5 Å². The maximum Gasteiger partial charge on any atom is 0.148 e. The molecule has 1 atom stereocenters. The third kappa shape index (κ3) is 4.79. The maximum atomic E-state index is 11.6. The van der Waals surface area contributed by atoms with Gasteiger partial charge in [-0.25, -0.2) is 8.42 Å². The fraction of sp³-hybridized carbons (Fsp3) is 0.438. The lowest BCUT2D eigenvalue weighted by molar-refractivity contribution is 0.531. The molecule has 4 nitrogen and oxygen atoms in total. The summed E-state index contributed by atoms with van der Waals surface area (Å²) in [5.74, 6) is 0.156. The highest BCUT2D eigenvalue weighted by molar-refractivity contribution is 7.90. The molecule has 2 rings (SSSR count). The zero-order valence-corrected chi connectivity index (χ0v) is 13.4. The average molecular weight is 306 g/mol. The van der Waals surface area contributed by atoms with Crippen LogP contribution < -0.4 is 5.32 Å². The van der Waals surface area contributed by atoms with Gasteiger partial charge in [0.15, 0.2) is 0 Å². The molecule has 0 bridgehead atoms. The van der Waals surface area contributed by atoms with Gasteiger partial charge >= 0.3 is 0 Å². The molecule has 0 aliphatic rings. The number of nitrogens with zero attached hydrogens (tertiary/aromatic N) is 1. The zero-order valence-electron chi connectivity index (χ0n) is 12.5. The minimum absolute atomic E-state index is 0.0641. The Morgan fingerprint density at radius 3 is 2.71 bits per heavy atom. The second-order valence-corrected chi connectivity index (χ2v) is 7.62. The molecule has 1 N–H and O–H groups in total. The average Bonchev–Trinajstić information content (AvgIpc) is 2.43. The van der Waals surface area contributed by atoms with E-state index >= 15 is 0 Å². The molecule has 0 spiro atoms. The van der Waals surface area contributed by atoms with Crippen LogP contribution in [0.5, 0.6) is 0 Å². The summed E-state index contributed by atoms with van der Waals surface area (Å²) in [5, 5.41) is 4.43. The van der Waals surface area contributed by atoms with Crippen molar-refractivity contribution in [1.82, 2.24) is 10.3 Å². The van der Waals surface area contributed by atoms with E-state index in [1.54, 1.807) is 6.20 Å². The van der Waals surface area contributed by atoms with E-state index < -0.39 is 9.84 Å². The molecule has 114 valence electrons. The molecule has 1 aromatic heterocycles. The zero-order chi connectivity index (χ0) is 15.3. The monoisotopic (exact) mass is 306 g/mol. The molecule has 5 heteroatoms. The molecule has 0 aliphatic carbocycles. The van der Waals surface area contributed by atoms with Crippen LogP contribution in [0.25, 0.3) is 10.9 Å². The minimum Gasteiger partial charge on any atom is -0.313 e. The Bertz CT molecular complexity index is 693. The molecule has 0 saturated carbocycles. The van der Waals surface area contributed by atoms with Crippen molar-refractivity contribution in [2.24, 2.45) is 0 Å². The van der Waals surface area contributed by atoms with E-state index in [-0.39, 0.29) is 11.8 Å². The Morgan fingerprint density at radius 2 is 2.00 bits per heavy atom. The maximum absolute atomic E-state index is 11.6. The van der Waals surface area contributed by atoms with Gasteiger partial charge in [-0.15, -0.1) is 0 Å². The SMILES string of the molecule is CCCNC(Cc1ccnc2ccccc12)CS(C)(=O)=O. The first-order valence-electron chi connectivity index (χ1n) is 7.23. The Morgan fingerprint density at radius 1 is 1.24 bits per heavy atom. The van der Waals surface area contributed by atoms with Gasteiger partial charge in [0.05, 0.1) is 11.3 Å². The number of nitrogens with one attached hydrogen (secondary N) is 1. The molecule has 21 heavy (non-hydrogen) atoms. The van der Waals surface area contributed by atoms with Crippen LogP contribution in [-0.2, 0) is 16.3 Å². The Kier molecular flexibility index (Phi) is 5.31. The standard InChI is InChI=1S/C16H22N2O2S/c1-3-9-17-14(12-21(2,19)20)11-13-8-10-18-16-7-5-4-6-15(13)16/h4-8,10,14,17H,3,9,11-12H2,1-2H3. The number of sulfone groups is 1. The summed E-state index contributed by atoms with van der Waals surface area (Å²) in [7, 11) is -3.01. The number of aromatic nitrogens is 1. The summed E-state index contributed by atoms with van der Waals surface area (Å²) in [5.41, 5.74) is 2.08. The van der Waals surface area contributed by atoms with Gasteiger partial charge in [0.1, 0.15) is 9.84 Å². The molecule has 0 amide bonds. The lowest BCUT2D eigenvalue weighted by Gasteiger charge is -2.18. The lowest BCUT2D eigenvalue weighted by Crippen LogP contribution is -2.37. The van der Waals surface area contributed by atoms with Crippen LogP contribution >= 0.6 is 0 Å². The predicted octanol–water partition coefficient (Wildman–Crippen LogP) is 2.19. The van der Waals surface area contributed by atoms with E-state index in [4.69, 9.17) is 0 Å². The van der Waals surface area contributed by atoms with E-state index in [1.807, 2.05) is 30.3 Å². The van der Waals surface area contributed by atoms with Crippen LogP contribution in [0.2, 0.25) is 0 Å². The van der Waals surface area contributed by atoms with Crippen molar-refractivity contribution in [1.29, 1.82) is 0 Å². The number of pyridine rings is 1. The van der Waals surface area contributed by atoms with E-state index in [0.717, 1.165) is 29.4 Å². The van der Waals surface area contributed by atoms with E-state index in [9.17, 15) is 8.42 Å². The third-order valence-electron chi connectivity index (χ3n) is 3.39. The van der Waals surface area contributed by atoms with Crippen molar-refractivity contribution in [3.63, 3.8) is 0 Å². The minimum atomic E-state index is -3.01. The summed E-state index contributed by atoms with van der Waals surface area (Å²) in [4.78, 5) is 4.35. The second-order valence-electron chi connectivity index (χ2n) is 5.43. The lowest BCUT2D eigenvalue weighted by atomic mass is 10.0. The summed E-state index contributed by atoms with van der Waals surface area (Å²) in [6.07, 6.45) is 4.75. The highest BCUT2D eigenvalue weighted by atomic mass is 32.2. The Labute approximate surface area is 126 Å².